The fourth-order valence-electron chi connectivity index (χ4n) is 5.40. The van der Waals surface area contributed by atoms with Crippen LogP contribution in [0.2, 0.25) is 0 Å². The molecule has 0 spiro atoms. The number of carbonyl (C=O) groups is 1. The molecule has 2 aliphatic rings. The molecule has 1 aromatic heterocycles. The summed E-state index contributed by atoms with van der Waals surface area (Å²) in [5.74, 6) is 1.37. The molecule has 5 rings (SSSR count). The molecule has 2 unspecified atom stereocenters. The predicted molar refractivity (Wildman–Crippen MR) is 147 cm³/mol. The lowest BCUT2D eigenvalue weighted by atomic mass is 9.94. The van der Waals surface area contributed by atoms with Crippen LogP contribution in [0.15, 0.2) is 41.3 Å². The number of thiazole rings is 1. The summed E-state index contributed by atoms with van der Waals surface area (Å²) in [6, 6.07) is 10.4. The Balaban J connectivity index is 1.24. The molecule has 3 heterocycles. The highest BCUT2D eigenvalue weighted by atomic mass is 32.2. The van der Waals surface area contributed by atoms with Crippen molar-refractivity contribution in [3.8, 4) is 5.75 Å². The Morgan fingerprint density at radius 1 is 1.00 bits per heavy atom. The van der Waals surface area contributed by atoms with E-state index in [-0.39, 0.29) is 10.8 Å². The maximum atomic E-state index is 13.2. The monoisotopic (exact) mass is 542 g/mol. The zero-order valence-electron chi connectivity index (χ0n) is 21.8. The van der Waals surface area contributed by atoms with Crippen molar-refractivity contribution in [2.45, 2.75) is 32.1 Å². The van der Waals surface area contributed by atoms with Gasteiger partial charge in [0.25, 0.3) is 5.91 Å². The lowest BCUT2D eigenvalue weighted by Crippen LogP contribution is -2.48. The van der Waals surface area contributed by atoms with Gasteiger partial charge in [0.15, 0.2) is 5.13 Å². The van der Waals surface area contributed by atoms with Gasteiger partial charge in [-0.25, -0.2) is 13.4 Å². The summed E-state index contributed by atoms with van der Waals surface area (Å²) in [6.07, 6.45) is 1.04. The lowest BCUT2D eigenvalue weighted by molar-refractivity contribution is 0.0746. The summed E-state index contributed by atoms with van der Waals surface area (Å²) in [4.78, 5) is 22.3. The third kappa shape index (κ3) is 5.06. The second-order valence-corrected chi connectivity index (χ2v) is 13.2. The Morgan fingerprint density at radius 3 is 2.27 bits per heavy atom. The SMILES string of the molecule is COc1ccc(C)c2sc(N3CCN(C(=O)c4ccc(S(=O)(=O)N5CC(C)CC(C)C5)cc4)CC3)nc12. The number of hydrogen-bond acceptors (Lipinski definition) is 7. The van der Waals surface area contributed by atoms with Crippen LogP contribution in [-0.4, -0.2) is 74.9 Å². The molecule has 10 heteroatoms. The van der Waals surface area contributed by atoms with Crippen LogP contribution < -0.4 is 9.64 Å². The average Bonchev–Trinajstić information content (AvgIpc) is 3.35. The first-order valence-electron chi connectivity index (χ1n) is 12.8. The summed E-state index contributed by atoms with van der Waals surface area (Å²) in [5, 5.41) is 0.936. The van der Waals surface area contributed by atoms with Crippen LogP contribution in [0.25, 0.3) is 10.2 Å². The van der Waals surface area contributed by atoms with E-state index in [1.807, 2.05) is 17.0 Å². The average molecular weight is 543 g/mol. The van der Waals surface area contributed by atoms with Crippen LogP contribution in [-0.2, 0) is 10.0 Å². The molecule has 37 heavy (non-hydrogen) atoms. The Labute approximate surface area is 222 Å². The zero-order valence-corrected chi connectivity index (χ0v) is 23.4. The normalized spacial score (nSPS) is 21.4. The van der Waals surface area contributed by atoms with Crippen molar-refractivity contribution in [1.29, 1.82) is 0 Å². The molecule has 2 fully saturated rings. The van der Waals surface area contributed by atoms with Crippen LogP contribution in [0, 0.1) is 18.8 Å². The minimum atomic E-state index is -3.57. The van der Waals surface area contributed by atoms with E-state index in [1.165, 1.54) is 5.56 Å². The second-order valence-electron chi connectivity index (χ2n) is 10.3. The standard InChI is InChI=1S/C27H34N4O4S2/c1-18-15-19(2)17-31(16-18)37(33,34)22-8-6-21(7-9-22)26(32)29-11-13-30(14-12-29)27-28-24-23(35-4)10-5-20(3)25(24)36-27/h5-10,18-19H,11-17H2,1-4H3. The molecule has 2 saturated heterocycles. The molecule has 0 N–H and O–H groups in total. The van der Waals surface area contributed by atoms with E-state index in [0.717, 1.165) is 27.5 Å². The number of methoxy groups -OCH3 is 1. The van der Waals surface area contributed by atoms with E-state index in [1.54, 1.807) is 47.0 Å². The molecular weight excluding hydrogens is 508 g/mol. The van der Waals surface area contributed by atoms with E-state index in [4.69, 9.17) is 9.72 Å². The molecule has 2 aromatic carbocycles. The number of ether oxygens (including phenoxy) is 1. The molecule has 198 valence electrons. The minimum Gasteiger partial charge on any atom is -0.494 e. The number of nitrogens with zero attached hydrogens (tertiary/aromatic N) is 4. The number of carbonyl (C=O) groups excluding carboxylic acids is 1. The Morgan fingerprint density at radius 2 is 1.65 bits per heavy atom. The van der Waals surface area contributed by atoms with Crippen LogP contribution in [0.4, 0.5) is 5.13 Å². The summed E-state index contributed by atoms with van der Waals surface area (Å²) in [5.41, 5.74) is 2.56. The molecule has 0 radical (unpaired) electrons. The topological polar surface area (TPSA) is 83.0 Å². The second kappa shape index (κ2) is 10.2. The third-order valence-electron chi connectivity index (χ3n) is 7.32. The van der Waals surface area contributed by atoms with Crippen molar-refractivity contribution in [3.63, 3.8) is 0 Å². The van der Waals surface area contributed by atoms with Crippen LogP contribution in [0.5, 0.6) is 5.75 Å². The zero-order chi connectivity index (χ0) is 26.3. The van der Waals surface area contributed by atoms with Gasteiger partial charge in [-0.1, -0.05) is 31.3 Å². The summed E-state index contributed by atoms with van der Waals surface area (Å²) < 4.78 is 34.5. The van der Waals surface area contributed by atoms with Gasteiger partial charge in [0.1, 0.15) is 11.3 Å². The molecule has 3 aromatic rings. The van der Waals surface area contributed by atoms with Crippen molar-refractivity contribution < 1.29 is 17.9 Å². The summed E-state index contributed by atoms with van der Waals surface area (Å²) in [6.45, 7) is 9.86. The van der Waals surface area contributed by atoms with E-state index < -0.39 is 10.0 Å². The van der Waals surface area contributed by atoms with Gasteiger partial charge in [0.2, 0.25) is 10.0 Å². The first-order chi connectivity index (χ1) is 17.7. The van der Waals surface area contributed by atoms with E-state index in [9.17, 15) is 13.2 Å². The summed E-state index contributed by atoms with van der Waals surface area (Å²) in [7, 11) is -1.91. The third-order valence-corrected chi connectivity index (χ3v) is 10.4. The first kappa shape index (κ1) is 25.9. The number of piperazine rings is 1. The number of sulfonamides is 1. The van der Waals surface area contributed by atoms with Crippen molar-refractivity contribution in [2.24, 2.45) is 11.8 Å². The number of fused-ring (bicyclic) bond motifs is 1. The first-order valence-corrected chi connectivity index (χ1v) is 15.0. The molecule has 0 bridgehead atoms. The van der Waals surface area contributed by atoms with Gasteiger partial charge in [-0.3, -0.25) is 4.79 Å². The number of piperidine rings is 1. The van der Waals surface area contributed by atoms with E-state index >= 15 is 0 Å². The number of amides is 1. The fourth-order valence-corrected chi connectivity index (χ4v) is 8.19. The number of aromatic nitrogens is 1. The number of hydrogen-bond donors (Lipinski definition) is 0. The van der Waals surface area contributed by atoms with Gasteiger partial charge in [0.05, 0.1) is 16.7 Å². The number of benzene rings is 2. The molecule has 0 saturated carbocycles. The highest BCUT2D eigenvalue weighted by Crippen LogP contribution is 2.36. The summed E-state index contributed by atoms with van der Waals surface area (Å²) >= 11 is 1.65. The Kier molecular flexibility index (Phi) is 7.17. The molecule has 2 atom stereocenters. The van der Waals surface area contributed by atoms with Crippen LogP contribution in [0.1, 0.15) is 36.2 Å². The molecule has 0 aliphatic carbocycles. The molecule has 8 nitrogen and oxygen atoms in total. The molecule has 2 aliphatic heterocycles. The van der Waals surface area contributed by atoms with Crippen molar-refractivity contribution >= 4 is 42.6 Å². The van der Waals surface area contributed by atoms with E-state index in [0.29, 0.717) is 56.7 Å². The van der Waals surface area contributed by atoms with Gasteiger partial charge in [-0.15, -0.1) is 0 Å². The van der Waals surface area contributed by atoms with Crippen LogP contribution >= 0.6 is 11.3 Å². The van der Waals surface area contributed by atoms with Gasteiger partial charge >= 0.3 is 0 Å². The highest BCUT2D eigenvalue weighted by molar-refractivity contribution is 7.89. The van der Waals surface area contributed by atoms with E-state index in [2.05, 4.69) is 25.7 Å². The van der Waals surface area contributed by atoms with Gasteiger partial charge in [-0.2, -0.15) is 4.31 Å². The Hall–Kier alpha value is -2.69. The number of anilines is 1. The fraction of sp³-hybridized carbons (Fsp3) is 0.481. The minimum absolute atomic E-state index is 0.0781. The molecule has 1 amide bonds. The van der Waals surface area contributed by atoms with Crippen molar-refractivity contribution in [1.82, 2.24) is 14.2 Å². The number of aryl methyl sites for hydroxylation is 1. The lowest BCUT2D eigenvalue weighted by Gasteiger charge is -2.35. The smallest absolute Gasteiger partial charge is 0.253 e. The van der Waals surface area contributed by atoms with Gasteiger partial charge < -0.3 is 14.5 Å². The number of rotatable bonds is 5. The van der Waals surface area contributed by atoms with Crippen molar-refractivity contribution in [2.75, 3.05) is 51.3 Å². The van der Waals surface area contributed by atoms with Gasteiger partial charge in [-0.05, 0) is 61.1 Å². The Bertz CT molecular complexity index is 1390. The molecular formula is C27H34N4O4S2. The van der Waals surface area contributed by atoms with Crippen LogP contribution in [0.3, 0.4) is 0 Å². The predicted octanol–water partition coefficient (Wildman–Crippen LogP) is 4.24. The van der Waals surface area contributed by atoms with Crippen molar-refractivity contribution in [3.05, 3.63) is 47.5 Å². The van der Waals surface area contributed by atoms with Gasteiger partial charge in [0, 0.05) is 44.8 Å². The maximum absolute atomic E-state index is 13.2. The quantitative estimate of drug-likeness (QED) is 0.480. The largest absolute Gasteiger partial charge is 0.494 e. The highest BCUT2D eigenvalue weighted by Gasteiger charge is 2.32. The maximum Gasteiger partial charge on any atom is 0.253 e.